The van der Waals surface area contributed by atoms with Crippen LogP contribution in [0, 0.1) is 0 Å². The van der Waals surface area contributed by atoms with E-state index in [0.29, 0.717) is 35.3 Å². The third-order valence-corrected chi connectivity index (χ3v) is 7.09. The molecule has 0 bridgehead atoms. The maximum absolute atomic E-state index is 13.4. The van der Waals surface area contributed by atoms with Gasteiger partial charge in [-0.15, -0.1) is 10.2 Å². The van der Waals surface area contributed by atoms with E-state index < -0.39 is 5.25 Å². The third kappa shape index (κ3) is 5.07. The number of carbonyl (C=O) groups excluding carboxylic acids is 2. The molecule has 9 heteroatoms. The number of methoxy groups -OCH3 is 1. The highest BCUT2D eigenvalue weighted by atomic mass is 35.5. The van der Waals surface area contributed by atoms with Gasteiger partial charge in [0.2, 0.25) is 5.91 Å². The van der Waals surface area contributed by atoms with Crippen LogP contribution in [-0.4, -0.2) is 50.4 Å². The molecule has 3 aromatic rings. The Morgan fingerprint density at radius 2 is 1.85 bits per heavy atom. The number of amides is 2. The minimum atomic E-state index is -0.401. The van der Waals surface area contributed by atoms with E-state index in [-0.39, 0.29) is 11.8 Å². The number of aromatic nitrogens is 3. The average molecular weight is 485 g/mol. The van der Waals surface area contributed by atoms with Gasteiger partial charge in [-0.3, -0.25) is 14.5 Å². The first kappa shape index (κ1) is 23.3. The first-order chi connectivity index (χ1) is 16.0. The maximum Gasteiger partial charge on any atom is 0.260 e. The molecule has 0 saturated carbocycles. The van der Waals surface area contributed by atoms with E-state index in [9.17, 15) is 9.59 Å². The van der Waals surface area contributed by atoms with Crippen LogP contribution in [-0.2, 0) is 11.3 Å². The lowest BCUT2D eigenvalue weighted by molar-refractivity contribution is -0.127. The summed E-state index contributed by atoms with van der Waals surface area (Å²) in [6.45, 7) is 3.09. The fourth-order valence-electron chi connectivity index (χ4n) is 3.81. The van der Waals surface area contributed by atoms with Crippen LogP contribution < -0.4 is 4.74 Å². The standard InChI is InChI=1S/C24H25ClN4O3S/c1-3-28-21(16-9-13-19(32-2)14-10-16)26-27-24(28)33-20-6-4-5-15-29(23(20)31)22(30)17-7-11-18(25)12-8-17/h7-14,20H,3-6,15H2,1-2H3. The van der Waals surface area contributed by atoms with Gasteiger partial charge in [-0.1, -0.05) is 29.8 Å². The number of nitrogens with zero attached hydrogens (tertiary/aromatic N) is 4. The van der Waals surface area contributed by atoms with Gasteiger partial charge in [0.15, 0.2) is 11.0 Å². The minimum absolute atomic E-state index is 0.186. The Hall–Kier alpha value is -2.84. The predicted molar refractivity (Wildman–Crippen MR) is 129 cm³/mol. The van der Waals surface area contributed by atoms with Gasteiger partial charge in [0, 0.05) is 29.2 Å². The van der Waals surface area contributed by atoms with Crippen molar-refractivity contribution in [3.63, 3.8) is 0 Å². The van der Waals surface area contributed by atoms with Crippen molar-refractivity contribution in [2.24, 2.45) is 0 Å². The molecule has 0 N–H and O–H groups in total. The number of likely N-dealkylation sites (tertiary alicyclic amines) is 1. The van der Waals surface area contributed by atoms with Crippen LogP contribution in [0.15, 0.2) is 53.7 Å². The zero-order valence-corrected chi connectivity index (χ0v) is 20.1. The zero-order chi connectivity index (χ0) is 23.4. The lowest BCUT2D eigenvalue weighted by Gasteiger charge is -2.22. The molecule has 172 valence electrons. The van der Waals surface area contributed by atoms with Gasteiger partial charge in [0.25, 0.3) is 5.91 Å². The summed E-state index contributed by atoms with van der Waals surface area (Å²) in [6, 6.07) is 14.3. The van der Waals surface area contributed by atoms with Gasteiger partial charge in [-0.05, 0) is 68.3 Å². The van der Waals surface area contributed by atoms with Crippen molar-refractivity contribution in [2.45, 2.75) is 43.1 Å². The van der Waals surface area contributed by atoms with Gasteiger partial charge < -0.3 is 9.30 Å². The fourth-order valence-corrected chi connectivity index (χ4v) is 5.13. The minimum Gasteiger partial charge on any atom is -0.497 e. The molecule has 1 aliphatic rings. The lowest BCUT2D eigenvalue weighted by Crippen LogP contribution is -2.41. The Morgan fingerprint density at radius 3 is 2.52 bits per heavy atom. The highest BCUT2D eigenvalue weighted by Crippen LogP contribution is 2.32. The first-order valence-corrected chi connectivity index (χ1v) is 12.1. The quantitative estimate of drug-likeness (QED) is 0.461. The number of hydrogen-bond donors (Lipinski definition) is 0. The molecular formula is C24H25ClN4O3S. The molecule has 1 aliphatic heterocycles. The van der Waals surface area contributed by atoms with Crippen LogP contribution in [0.3, 0.4) is 0 Å². The van der Waals surface area contributed by atoms with Crippen molar-refractivity contribution in [1.82, 2.24) is 19.7 Å². The monoisotopic (exact) mass is 484 g/mol. The smallest absolute Gasteiger partial charge is 0.260 e. The van der Waals surface area contributed by atoms with E-state index in [1.54, 1.807) is 31.4 Å². The normalized spacial score (nSPS) is 16.5. The van der Waals surface area contributed by atoms with Crippen molar-refractivity contribution >= 4 is 35.2 Å². The third-order valence-electron chi connectivity index (χ3n) is 5.60. The highest BCUT2D eigenvalue weighted by Gasteiger charge is 2.33. The molecule has 1 unspecified atom stereocenters. The Kier molecular flexibility index (Phi) is 7.35. The van der Waals surface area contributed by atoms with Crippen LogP contribution in [0.5, 0.6) is 5.75 Å². The van der Waals surface area contributed by atoms with Crippen molar-refractivity contribution < 1.29 is 14.3 Å². The van der Waals surface area contributed by atoms with Gasteiger partial charge in [0.1, 0.15) is 5.75 Å². The zero-order valence-electron chi connectivity index (χ0n) is 18.5. The summed E-state index contributed by atoms with van der Waals surface area (Å²) in [4.78, 5) is 27.8. The number of rotatable bonds is 6. The SMILES string of the molecule is CCn1c(SC2CCCCN(C(=O)c3ccc(Cl)cc3)C2=O)nnc1-c1ccc(OC)cc1. The lowest BCUT2D eigenvalue weighted by atomic mass is 10.2. The number of halogens is 1. The van der Waals surface area contributed by atoms with Gasteiger partial charge in [0.05, 0.1) is 12.4 Å². The molecule has 1 fully saturated rings. The Balaban J connectivity index is 1.56. The van der Waals surface area contributed by atoms with E-state index in [0.717, 1.165) is 30.0 Å². The van der Waals surface area contributed by atoms with Gasteiger partial charge >= 0.3 is 0 Å². The molecule has 2 aromatic carbocycles. The number of ether oxygens (including phenoxy) is 1. The molecule has 2 heterocycles. The van der Waals surface area contributed by atoms with Crippen molar-refractivity contribution in [1.29, 1.82) is 0 Å². The van der Waals surface area contributed by atoms with Gasteiger partial charge in [-0.2, -0.15) is 0 Å². The van der Waals surface area contributed by atoms with Gasteiger partial charge in [-0.25, -0.2) is 0 Å². The first-order valence-electron chi connectivity index (χ1n) is 10.9. The predicted octanol–water partition coefficient (Wildman–Crippen LogP) is 4.94. The van der Waals surface area contributed by atoms with E-state index in [1.165, 1.54) is 16.7 Å². The maximum atomic E-state index is 13.4. The van der Waals surface area contributed by atoms with E-state index in [4.69, 9.17) is 16.3 Å². The molecule has 33 heavy (non-hydrogen) atoms. The highest BCUT2D eigenvalue weighted by molar-refractivity contribution is 8.00. The number of thioether (sulfide) groups is 1. The topological polar surface area (TPSA) is 77.3 Å². The summed E-state index contributed by atoms with van der Waals surface area (Å²) < 4.78 is 7.23. The van der Waals surface area contributed by atoms with E-state index in [1.807, 2.05) is 35.8 Å². The molecule has 7 nitrogen and oxygen atoms in total. The number of benzene rings is 2. The van der Waals surface area contributed by atoms with Crippen LogP contribution >= 0.6 is 23.4 Å². The average Bonchev–Trinajstić information content (AvgIpc) is 3.16. The molecule has 1 aromatic heterocycles. The van der Waals surface area contributed by atoms with E-state index in [2.05, 4.69) is 10.2 Å². The molecule has 1 saturated heterocycles. The summed E-state index contributed by atoms with van der Waals surface area (Å²) in [5.74, 6) is 1.03. The summed E-state index contributed by atoms with van der Waals surface area (Å²) in [7, 11) is 1.63. The summed E-state index contributed by atoms with van der Waals surface area (Å²) in [6.07, 6.45) is 2.32. The summed E-state index contributed by atoms with van der Waals surface area (Å²) in [5.41, 5.74) is 1.38. The Labute approximate surface area is 202 Å². The van der Waals surface area contributed by atoms with E-state index >= 15 is 0 Å². The van der Waals surface area contributed by atoms with Crippen LogP contribution in [0.4, 0.5) is 0 Å². The van der Waals surface area contributed by atoms with Crippen molar-refractivity contribution in [2.75, 3.05) is 13.7 Å². The molecule has 0 radical (unpaired) electrons. The van der Waals surface area contributed by atoms with Crippen LogP contribution in [0.2, 0.25) is 5.02 Å². The fraction of sp³-hybridized carbons (Fsp3) is 0.333. The Bertz CT molecular complexity index is 1130. The molecule has 0 spiro atoms. The van der Waals surface area contributed by atoms with Crippen LogP contribution in [0.1, 0.15) is 36.5 Å². The molecule has 4 rings (SSSR count). The van der Waals surface area contributed by atoms with Crippen LogP contribution in [0.25, 0.3) is 11.4 Å². The molecule has 0 aliphatic carbocycles. The number of hydrogen-bond acceptors (Lipinski definition) is 6. The molecule has 1 atom stereocenters. The Morgan fingerprint density at radius 1 is 1.12 bits per heavy atom. The largest absolute Gasteiger partial charge is 0.497 e. The van der Waals surface area contributed by atoms with Crippen molar-refractivity contribution in [3.05, 3.63) is 59.1 Å². The number of carbonyl (C=O) groups is 2. The molecule has 2 amide bonds. The number of imide groups is 1. The van der Waals surface area contributed by atoms with Crippen molar-refractivity contribution in [3.8, 4) is 17.1 Å². The summed E-state index contributed by atoms with van der Waals surface area (Å²) in [5, 5.41) is 9.58. The molecular weight excluding hydrogens is 460 g/mol. The second kappa shape index (κ2) is 10.4. The second-order valence-electron chi connectivity index (χ2n) is 7.68. The summed E-state index contributed by atoms with van der Waals surface area (Å²) >= 11 is 7.32. The second-order valence-corrected chi connectivity index (χ2v) is 9.29.